The Morgan fingerprint density at radius 1 is 1.57 bits per heavy atom. The molecule has 0 aromatic carbocycles. The largest absolute Gasteiger partial charge is 0.462 e. The van der Waals surface area contributed by atoms with Gasteiger partial charge in [-0.15, -0.1) is 0 Å². The van der Waals surface area contributed by atoms with E-state index in [1.165, 1.54) is 0 Å². The second-order valence-electron chi connectivity index (χ2n) is 3.38. The van der Waals surface area contributed by atoms with Gasteiger partial charge in [0, 0.05) is 11.8 Å². The fourth-order valence-corrected chi connectivity index (χ4v) is 1.81. The Kier molecular flexibility index (Phi) is 1.32. The van der Waals surface area contributed by atoms with E-state index in [9.17, 15) is 4.79 Å². The molecular weight excluding hydrogens is 180 g/mol. The second kappa shape index (κ2) is 2.41. The van der Waals surface area contributed by atoms with Gasteiger partial charge < -0.3 is 4.74 Å². The Morgan fingerprint density at radius 2 is 2.43 bits per heavy atom. The topological polar surface area (TPSA) is 36.2 Å². The van der Waals surface area contributed by atoms with Crippen LogP contribution in [0.5, 0.6) is 0 Å². The molecule has 1 aliphatic carbocycles. The molecule has 3 rings (SSSR count). The van der Waals surface area contributed by atoms with Crippen molar-refractivity contribution in [1.29, 1.82) is 0 Å². The van der Waals surface area contributed by atoms with Crippen molar-refractivity contribution in [3.63, 3.8) is 0 Å². The number of hydrogen-bond acceptors (Lipinski definition) is 2. The highest BCUT2D eigenvalue weighted by Gasteiger charge is 2.28. The van der Waals surface area contributed by atoms with Crippen molar-refractivity contribution in [3.05, 3.63) is 23.9 Å². The molecule has 14 heavy (non-hydrogen) atoms. The smallest absolute Gasteiger partial charge is 0.338 e. The lowest BCUT2D eigenvalue weighted by Crippen LogP contribution is -2.04. The van der Waals surface area contributed by atoms with Gasteiger partial charge in [-0.05, 0) is 19.1 Å². The standard InChI is InChI=1S/C10H10N2O2/c1-2-14-10(13)7-3-4-9-8(7)5-11-6-12(9)11/h3-5H,2,6H2,1H3. The minimum absolute atomic E-state index is 0.228. The van der Waals surface area contributed by atoms with E-state index in [0.717, 1.165) is 17.9 Å². The summed E-state index contributed by atoms with van der Waals surface area (Å²) in [7, 11) is 0. The van der Waals surface area contributed by atoms with Crippen molar-refractivity contribution in [2.45, 2.75) is 13.6 Å². The van der Waals surface area contributed by atoms with Gasteiger partial charge in [0.15, 0.2) is 0 Å². The van der Waals surface area contributed by atoms with Gasteiger partial charge in [0.2, 0.25) is 0 Å². The molecule has 0 saturated carbocycles. The van der Waals surface area contributed by atoms with Crippen LogP contribution in [0.2, 0.25) is 0 Å². The van der Waals surface area contributed by atoms with E-state index in [1.807, 2.05) is 25.3 Å². The summed E-state index contributed by atoms with van der Waals surface area (Å²) in [5, 5.41) is 0. The molecule has 0 unspecified atom stereocenters. The molecule has 4 nitrogen and oxygen atoms in total. The quantitative estimate of drug-likeness (QED) is 0.572. The Balaban J connectivity index is 2.03. The zero-order valence-electron chi connectivity index (χ0n) is 7.86. The molecule has 0 spiro atoms. The van der Waals surface area contributed by atoms with E-state index >= 15 is 0 Å². The van der Waals surface area contributed by atoms with Crippen molar-refractivity contribution < 1.29 is 9.53 Å². The molecule has 2 heterocycles. The minimum atomic E-state index is -0.228. The van der Waals surface area contributed by atoms with Gasteiger partial charge >= 0.3 is 5.97 Å². The minimum Gasteiger partial charge on any atom is -0.462 e. The number of carbonyl (C=O) groups excluding carboxylic acids is 1. The third-order valence-corrected chi connectivity index (χ3v) is 2.53. The first-order valence-electron chi connectivity index (χ1n) is 4.67. The number of fused-ring (bicyclic) bond motifs is 3. The van der Waals surface area contributed by atoms with E-state index in [1.54, 1.807) is 0 Å². The highest BCUT2D eigenvalue weighted by atomic mass is 16.5. The van der Waals surface area contributed by atoms with Crippen LogP contribution in [0.1, 0.15) is 17.3 Å². The Bertz CT molecular complexity index is 481. The molecule has 0 aromatic rings. The van der Waals surface area contributed by atoms with E-state index in [0.29, 0.717) is 12.2 Å². The lowest BCUT2D eigenvalue weighted by molar-refractivity contribution is 0.0527. The van der Waals surface area contributed by atoms with Crippen LogP contribution in [0, 0.1) is 0 Å². The number of aromatic nitrogens is 2. The Morgan fingerprint density at radius 3 is 3.21 bits per heavy atom. The van der Waals surface area contributed by atoms with Crippen LogP contribution < -0.4 is 0 Å². The molecule has 0 amide bonds. The average molecular weight is 190 g/mol. The van der Waals surface area contributed by atoms with E-state index < -0.39 is 0 Å². The maximum absolute atomic E-state index is 11.5. The van der Waals surface area contributed by atoms with Gasteiger partial charge in [-0.3, -0.25) is 9.36 Å². The molecule has 0 saturated heterocycles. The van der Waals surface area contributed by atoms with Gasteiger partial charge in [0.05, 0.1) is 17.9 Å². The van der Waals surface area contributed by atoms with E-state index in [-0.39, 0.29) is 5.97 Å². The van der Waals surface area contributed by atoms with Crippen LogP contribution in [-0.2, 0) is 11.4 Å². The molecule has 2 aliphatic heterocycles. The molecule has 0 bridgehead atoms. The summed E-state index contributed by atoms with van der Waals surface area (Å²) in [4.78, 5) is 11.5. The number of nitrogens with zero attached hydrogens (tertiary/aromatic N) is 2. The van der Waals surface area contributed by atoms with Gasteiger partial charge in [0.1, 0.15) is 6.67 Å². The molecule has 0 radical (unpaired) electrons. The van der Waals surface area contributed by atoms with E-state index in [4.69, 9.17) is 4.74 Å². The van der Waals surface area contributed by atoms with Crippen molar-refractivity contribution in [2.24, 2.45) is 0 Å². The summed E-state index contributed by atoms with van der Waals surface area (Å²) in [5.41, 5.74) is 2.79. The summed E-state index contributed by atoms with van der Waals surface area (Å²) in [6.07, 6.45) is 1.99. The molecular formula is C10H10N2O2. The van der Waals surface area contributed by atoms with E-state index in [2.05, 4.69) is 9.36 Å². The summed E-state index contributed by atoms with van der Waals surface area (Å²) < 4.78 is 9.14. The maximum atomic E-state index is 11.5. The van der Waals surface area contributed by atoms with Crippen molar-refractivity contribution in [3.8, 4) is 11.3 Å². The van der Waals surface area contributed by atoms with Gasteiger partial charge in [-0.2, -0.15) is 0 Å². The fraction of sp³-hybridized carbons (Fsp3) is 0.300. The summed E-state index contributed by atoms with van der Waals surface area (Å²) in [5.74, 6) is -0.228. The second-order valence-corrected chi connectivity index (χ2v) is 3.38. The predicted octanol–water partition coefficient (Wildman–Crippen LogP) is 1.39. The zero-order valence-corrected chi connectivity index (χ0v) is 7.86. The van der Waals surface area contributed by atoms with Crippen LogP contribution >= 0.6 is 0 Å². The summed E-state index contributed by atoms with van der Waals surface area (Å²) in [6, 6.07) is 3.79. The van der Waals surface area contributed by atoms with Crippen molar-refractivity contribution in [2.75, 3.05) is 6.61 Å². The third-order valence-electron chi connectivity index (χ3n) is 2.53. The highest BCUT2D eigenvalue weighted by molar-refractivity contribution is 5.98. The van der Waals surface area contributed by atoms with Crippen LogP contribution in [0.15, 0.2) is 18.3 Å². The molecule has 3 aliphatic rings. The normalized spacial score (nSPS) is 12.9. The number of hydrogen-bond donors (Lipinski definition) is 0. The molecule has 4 heteroatoms. The zero-order chi connectivity index (χ0) is 9.71. The Hall–Kier alpha value is -1.71. The third kappa shape index (κ3) is 0.852. The molecule has 0 N–H and O–H groups in total. The van der Waals surface area contributed by atoms with Gasteiger partial charge in [0.25, 0.3) is 0 Å². The first-order valence-corrected chi connectivity index (χ1v) is 4.67. The predicted molar refractivity (Wildman–Crippen MR) is 50.4 cm³/mol. The van der Waals surface area contributed by atoms with Crippen LogP contribution in [-0.4, -0.2) is 21.9 Å². The van der Waals surface area contributed by atoms with Gasteiger partial charge in [-0.25, -0.2) is 4.79 Å². The first kappa shape index (κ1) is 7.67. The van der Waals surface area contributed by atoms with Gasteiger partial charge in [-0.1, -0.05) is 0 Å². The molecule has 0 fully saturated rings. The Labute approximate surface area is 81.0 Å². The molecule has 72 valence electrons. The lowest BCUT2D eigenvalue weighted by Gasteiger charge is -2.00. The van der Waals surface area contributed by atoms with Crippen LogP contribution in [0.4, 0.5) is 0 Å². The molecule has 0 aromatic heterocycles. The fourth-order valence-electron chi connectivity index (χ4n) is 1.81. The lowest BCUT2D eigenvalue weighted by atomic mass is 10.2. The van der Waals surface area contributed by atoms with Crippen molar-refractivity contribution >= 4 is 5.97 Å². The highest BCUT2D eigenvalue weighted by Crippen LogP contribution is 2.34. The van der Waals surface area contributed by atoms with Crippen LogP contribution in [0.25, 0.3) is 11.3 Å². The number of ether oxygens (including phenoxy) is 1. The molecule has 0 atom stereocenters. The maximum Gasteiger partial charge on any atom is 0.338 e. The summed E-state index contributed by atoms with van der Waals surface area (Å²) >= 11 is 0. The van der Waals surface area contributed by atoms with Crippen molar-refractivity contribution in [1.82, 2.24) is 9.36 Å². The SMILES string of the molecule is CCOC(=O)c1ccc2n3n(cc1-2)C3. The van der Waals surface area contributed by atoms with Crippen LogP contribution in [0.3, 0.4) is 0 Å². The number of rotatable bonds is 2. The average Bonchev–Trinajstić information content (AvgIpc) is 2.67. The number of carbonyl (C=O) groups is 1. The summed E-state index contributed by atoms with van der Waals surface area (Å²) in [6.45, 7) is 3.18. The first-order chi connectivity index (χ1) is 6.81. The monoisotopic (exact) mass is 190 g/mol. The number of esters is 1.